The van der Waals surface area contributed by atoms with Crippen molar-refractivity contribution in [2.75, 3.05) is 13.7 Å². The fourth-order valence-corrected chi connectivity index (χ4v) is 2.02. The zero-order valence-electron chi connectivity index (χ0n) is 10.6. The number of ether oxygens (including phenoxy) is 1. The lowest BCUT2D eigenvalue weighted by atomic mass is 10.1. The number of nitrogens with one attached hydrogen (secondary N) is 1. The van der Waals surface area contributed by atoms with Crippen LogP contribution in [0.1, 0.15) is 16.8 Å². The van der Waals surface area contributed by atoms with Crippen molar-refractivity contribution in [3.63, 3.8) is 0 Å². The van der Waals surface area contributed by atoms with E-state index in [2.05, 4.69) is 10.3 Å². The molecule has 2 rings (SSSR count). The van der Waals surface area contributed by atoms with Crippen molar-refractivity contribution >= 4 is 11.9 Å². The average molecular weight is 249 g/mol. The predicted octanol–water partition coefficient (Wildman–Crippen LogP) is 0.759. The van der Waals surface area contributed by atoms with Crippen LogP contribution in [0.4, 0.5) is 4.79 Å². The van der Waals surface area contributed by atoms with E-state index in [0.717, 1.165) is 22.6 Å². The van der Waals surface area contributed by atoms with Crippen LogP contribution in [-0.4, -0.2) is 35.5 Å². The van der Waals surface area contributed by atoms with E-state index in [4.69, 9.17) is 4.74 Å². The molecule has 18 heavy (non-hydrogen) atoms. The molecule has 1 N–H and O–H groups in total. The molecule has 6 nitrogen and oxygen atoms in total. The SMILES string of the molecule is COc1c(C)cnc(CN2CC(=O)NC2=O)c1C. The number of aromatic nitrogens is 1. The van der Waals surface area contributed by atoms with Crippen LogP contribution in [0.2, 0.25) is 0 Å². The minimum atomic E-state index is -0.374. The van der Waals surface area contributed by atoms with Gasteiger partial charge in [-0.05, 0) is 13.8 Å². The lowest BCUT2D eigenvalue weighted by Gasteiger charge is -2.16. The number of hydrogen-bond acceptors (Lipinski definition) is 4. The number of aryl methyl sites for hydroxylation is 1. The quantitative estimate of drug-likeness (QED) is 0.803. The fourth-order valence-electron chi connectivity index (χ4n) is 2.02. The second-order valence-corrected chi connectivity index (χ2v) is 4.26. The first kappa shape index (κ1) is 12.3. The highest BCUT2D eigenvalue weighted by atomic mass is 16.5. The van der Waals surface area contributed by atoms with E-state index in [-0.39, 0.29) is 18.5 Å². The van der Waals surface area contributed by atoms with Crippen molar-refractivity contribution in [3.05, 3.63) is 23.0 Å². The van der Waals surface area contributed by atoms with Crippen molar-refractivity contribution in [2.45, 2.75) is 20.4 Å². The van der Waals surface area contributed by atoms with Crippen LogP contribution in [0.3, 0.4) is 0 Å². The van der Waals surface area contributed by atoms with E-state index in [0.29, 0.717) is 6.54 Å². The molecule has 2 heterocycles. The van der Waals surface area contributed by atoms with Crippen molar-refractivity contribution in [1.29, 1.82) is 0 Å². The maximum Gasteiger partial charge on any atom is 0.324 e. The molecule has 0 aromatic carbocycles. The van der Waals surface area contributed by atoms with Gasteiger partial charge in [-0.3, -0.25) is 15.1 Å². The van der Waals surface area contributed by atoms with Crippen molar-refractivity contribution < 1.29 is 14.3 Å². The number of pyridine rings is 1. The molecule has 1 aliphatic heterocycles. The second-order valence-electron chi connectivity index (χ2n) is 4.26. The van der Waals surface area contributed by atoms with Gasteiger partial charge in [0.2, 0.25) is 5.91 Å². The van der Waals surface area contributed by atoms with Gasteiger partial charge in [0.05, 0.1) is 19.3 Å². The molecule has 0 unspecified atom stereocenters. The maximum absolute atomic E-state index is 11.5. The first-order valence-electron chi connectivity index (χ1n) is 5.60. The smallest absolute Gasteiger partial charge is 0.324 e. The van der Waals surface area contributed by atoms with Gasteiger partial charge in [-0.15, -0.1) is 0 Å². The zero-order chi connectivity index (χ0) is 13.3. The molecule has 0 atom stereocenters. The minimum absolute atomic E-state index is 0.0795. The number of urea groups is 1. The Morgan fingerprint density at radius 3 is 2.72 bits per heavy atom. The molecule has 1 aliphatic rings. The summed E-state index contributed by atoms with van der Waals surface area (Å²) in [6, 6.07) is -0.374. The number of carbonyl (C=O) groups excluding carboxylic acids is 2. The molecular formula is C12H15N3O3. The van der Waals surface area contributed by atoms with Crippen LogP contribution < -0.4 is 10.1 Å². The number of carbonyl (C=O) groups is 2. The molecule has 0 spiro atoms. The molecule has 0 radical (unpaired) electrons. The largest absolute Gasteiger partial charge is 0.496 e. The van der Waals surface area contributed by atoms with Gasteiger partial charge in [0.15, 0.2) is 0 Å². The second kappa shape index (κ2) is 4.64. The number of methoxy groups -OCH3 is 1. The Bertz CT molecular complexity index is 514. The summed E-state index contributed by atoms with van der Waals surface area (Å²) in [5.74, 6) is 0.489. The lowest BCUT2D eigenvalue weighted by Crippen LogP contribution is -2.28. The van der Waals surface area contributed by atoms with Crippen molar-refractivity contribution in [1.82, 2.24) is 15.2 Å². The van der Waals surface area contributed by atoms with Crippen molar-refractivity contribution in [3.8, 4) is 5.75 Å². The Balaban J connectivity index is 2.25. The molecule has 3 amide bonds. The lowest BCUT2D eigenvalue weighted by molar-refractivity contribution is -0.118. The Labute approximate surface area is 105 Å². The van der Waals surface area contributed by atoms with Gasteiger partial charge in [-0.1, -0.05) is 0 Å². The molecular weight excluding hydrogens is 234 g/mol. The number of nitrogens with zero attached hydrogens (tertiary/aromatic N) is 2. The van der Waals surface area contributed by atoms with Gasteiger partial charge < -0.3 is 9.64 Å². The first-order valence-corrected chi connectivity index (χ1v) is 5.60. The molecule has 0 aliphatic carbocycles. The molecule has 1 aromatic heterocycles. The van der Waals surface area contributed by atoms with Crippen molar-refractivity contribution in [2.24, 2.45) is 0 Å². The monoisotopic (exact) mass is 249 g/mol. The molecule has 0 bridgehead atoms. The highest BCUT2D eigenvalue weighted by molar-refractivity contribution is 6.01. The number of amides is 3. The molecule has 1 fully saturated rings. The van der Waals surface area contributed by atoms with Gasteiger partial charge >= 0.3 is 6.03 Å². The van der Waals surface area contributed by atoms with Crippen LogP contribution in [0.5, 0.6) is 5.75 Å². The summed E-state index contributed by atoms with van der Waals surface area (Å²) in [4.78, 5) is 28.3. The molecule has 1 saturated heterocycles. The van der Waals surface area contributed by atoms with E-state index >= 15 is 0 Å². The minimum Gasteiger partial charge on any atom is -0.496 e. The van der Waals surface area contributed by atoms with E-state index in [1.165, 1.54) is 4.90 Å². The molecule has 6 heteroatoms. The van der Waals surface area contributed by atoms with Gasteiger partial charge in [-0.25, -0.2) is 4.79 Å². The summed E-state index contributed by atoms with van der Waals surface area (Å²) in [7, 11) is 1.60. The average Bonchev–Trinajstić information content (AvgIpc) is 2.62. The fraction of sp³-hybridized carbons (Fsp3) is 0.417. The van der Waals surface area contributed by atoms with Gasteiger partial charge in [-0.2, -0.15) is 0 Å². The Morgan fingerprint density at radius 1 is 1.44 bits per heavy atom. The van der Waals surface area contributed by atoms with Crippen LogP contribution in [-0.2, 0) is 11.3 Å². The molecule has 0 saturated carbocycles. The number of hydrogen-bond donors (Lipinski definition) is 1. The summed E-state index contributed by atoms with van der Waals surface area (Å²) in [6.07, 6.45) is 1.71. The van der Waals surface area contributed by atoms with Crippen LogP contribution in [0.25, 0.3) is 0 Å². The van der Waals surface area contributed by atoms with E-state index in [1.54, 1.807) is 13.3 Å². The third-order valence-electron chi connectivity index (χ3n) is 2.96. The maximum atomic E-state index is 11.5. The molecule has 1 aromatic rings. The zero-order valence-corrected chi connectivity index (χ0v) is 10.6. The van der Waals surface area contributed by atoms with Crippen LogP contribution in [0, 0.1) is 13.8 Å². The highest BCUT2D eigenvalue weighted by Crippen LogP contribution is 2.24. The normalized spacial score (nSPS) is 14.9. The van der Waals surface area contributed by atoms with E-state index in [9.17, 15) is 9.59 Å². The first-order chi connectivity index (χ1) is 8.52. The standard InChI is InChI=1S/C12H15N3O3/c1-7-4-13-9(8(2)11(7)18-3)5-15-6-10(16)14-12(15)17/h4H,5-6H2,1-3H3,(H,14,16,17). The highest BCUT2D eigenvalue weighted by Gasteiger charge is 2.27. The summed E-state index contributed by atoms with van der Waals surface area (Å²) in [5, 5.41) is 2.24. The van der Waals surface area contributed by atoms with E-state index < -0.39 is 0 Å². The Morgan fingerprint density at radius 2 is 2.17 bits per heavy atom. The number of imide groups is 1. The Kier molecular flexibility index (Phi) is 3.18. The Hall–Kier alpha value is -2.11. The molecule has 96 valence electrons. The van der Waals surface area contributed by atoms with Crippen LogP contribution >= 0.6 is 0 Å². The summed E-state index contributed by atoms with van der Waals surface area (Å²) in [5.41, 5.74) is 2.58. The van der Waals surface area contributed by atoms with Gasteiger partial charge in [0.25, 0.3) is 0 Å². The summed E-state index contributed by atoms with van der Waals surface area (Å²) in [6.45, 7) is 4.19. The third-order valence-corrected chi connectivity index (χ3v) is 2.96. The van der Waals surface area contributed by atoms with Gasteiger partial charge in [0.1, 0.15) is 12.3 Å². The number of rotatable bonds is 3. The summed E-state index contributed by atoms with van der Waals surface area (Å²) >= 11 is 0. The van der Waals surface area contributed by atoms with Crippen LogP contribution in [0.15, 0.2) is 6.20 Å². The predicted molar refractivity (Wildman–Crippen MR) is 64.2 cm³/mol. The van der Waals surface area contributed by atoms with Gasteiger partial charge in [0, 0.05) is 17.3 Å². The topological polar surface area (TPSA) is 71.5 Å². The summed E-state index contributed by atoms with van der Waals surface area (Å²) < 4.78 is 5.30. The van der Waals surface area contributed by atoms with E-state index in [1.807, 2.05) is 13.8 Å². The third kappa shape index (κ3) is 2.13.